The molecule has 19 heavy (non-hydrogen) atoms. The van der Waals surface area contributed by atoms with Gasteiger partial charge in [0.1, 0.15) is 9.90 Å². The minimum absolute atomic E-state index is 0.114. The smallest absolute Gasteiger partial charge is 0.182 e. The van der Waals surface area contributed by atoms with Crippen LogP contribution in [0.2, 0.25) is 0 Å². The third kappa shape index (κ3) is 2.21. The molecule has 1 saturated carbocycles. The SMILES string of the molecule is CS(=O)(=O)c1c(N)nsc1N1CCOC2CCCC21. The standard InChI is InChI=1S/C11H17N3O3S2/c1-19(15,16)9-10(12)13-18-11(9)14-5-6-17-8-4-2-3-7(8)14/h7-8H,2-6H2,1H3,(H2,12,13). The van der Waals surface area contributed by atoms with E-state index in [2.05, 4.69) is 9.27 Å². The maximum Gasteiger partial charge on any atom is 0.182 e. The highest BCUT2D eigenvalue weighted by atomic mass is 32.2. The van der Waals surface area contributed by atoms with Gasteiger partial charge in [0, 0.05) is 12.8 Å². The minimum atomic E-state index is -3.36. The third-order valence-corrected chi connectivity index (χ3v) is 5.94. The van der Waals surface area contributed by atoms with E-state index in [1.165, 1.54) is 17.8 Å². The number of anilines is 2. The van der Waals surface area contributed by atoms with E-state index in [4.69, 9.17) is 10.5 Å². The molecule has 6 nitrogen and oxygen atoms in total. The Kier molecular flexibility index (Phi) is 3.18. The van der Waals surface area contributed by atoms with Crippen molar-refractivity contribution in [2.75, 3.05) is 30.0 Å². The zero-order valence-electron chi connectivity index (χ0n) is 10.7. The number of morpholine rings is 1. The lowest BCUT2D eigenvalue weighted by atomic mass is 10.1. The first kappa shape index (κ1) is 13.1. The second-order valence-corrected chi connectivity index (χ2v) is 7.78. The van der Waals surface area contributed by atoms with Gasteiger partial charge in [-0.3, -0.25) is 0 Å². The van der Waals surface area contributed by atoms with Crippen molar-refractivity contribution >= 4 is 32.2 Å². The number of nitrogen functional groups attached to an aromatic ring is 1. The molecule has 106 valence electrons. The van der Waals surface area contributed by atoms with Crippen LogP contribution in [0.25, 0.3) is 0 Å². The van der Waals surface area contributed by atoms with Gasteiger partial charge < -0.3 is 15.4 Å². The van der Waals surface area contributed by atoms with Crippen LogP contribution in [-0.4, -0.2) is 44.3 Å². The quantitative estimate of drug-likeness (QED) is 0.873. The van der Waals surface area contributed by atoms with Gasteiger partial charge in [-0.1, -0.05) is 0 Å². The molecule has 3 rings (SSSR count). The van der Waals surface area contributed by atoms with Crippen LogP contribution in [0.4, 0.5) is 10.8 Å². The van der Waals surface area contributed by atoms with E-state index in [1.54, 1.807) is 0 Å². The molecule has 1 saturated heterocycles. The molecule has 0 radical (unpaired) electrons. The number of nitrogens with zero attached hydrogens (tertiary/aromatic N) is 2. The van der Waals surface area contributed by atoms with Crippen molar-refractivity contribution in [2.45, 2.75) is 36.3 Å². The molecule has 2 atom stereocenters. The summed E-state index contributed by atoms with van der Waals surface area (Å²) in [6, 6.07) is 0.258. The number of hydrogen-bond donors (Lipinski definition) is 1. The van der Waals surface area contributed by atoms with E-state index in [0.717, 1.165) is 19.3 Å². The summed E-state index contributed by atoms with van der Waals surface area (Å²) in [7, 11) is -3.36. The molecule has 2 N–H and O–H groups in total. The monoisotopic (exact) mass is 303 g/mol. The molecule has 8 heteroatoms. The Morgan fingerprint density at radius 2 is 2.26 bits per heavy atom. The normalized spacial score (nSPS) is 27.5. The van der Waals surface area contributed by atoms with Gasteiger partial charge >= 0.3 is 0 Å². The predicted molar refractivity (Wildman–Crippen MR) is 74.4 cm³/mol. The van der Waals surface area contributed by atoms with Crippen LogP contribution in [0, 0.1) is 0 Å². The number of aromatic nitrogens is 1. The van der Waals surface area contributed by atoms with E-state index >= 15 is 0 Å². The molecule has 1 aromatic rings. The molecule has 2 fully saturated rings. The average molecular weight is 303 g/mol. The highest BCUT2D eigenvalue weighted by Gasteiger charge is 2.39. The topological polar surface area (TPSA) is 85.5 Å². The van der Waals surface area contributed by atoms with Crippen molar-refractivity contribution in [1.82, 2.24) is 4.37 Å². The van der Waals surface area contributed by atoms with Gasteiger partial charge in [-0.25, -0.2) is 8.42 Å². The molecule has 0 bridgehead atoms. The molecule has 2 aliphatic rings. The highest BCUT2D eigenvalue weighted by Crippen LogP contribution is 2.40. The first-order chi connectivity index (χ1) is 8.98. The summed E-state index contributed by atoms with van der Waals surface area (Å²) in [5.41, 5.74) is 5.73. The van der Waals surface area contributed by atoms with Gasteiger partial charge in [0.15, 0.2) is 15.7 Å². The molecule has 0 amide bonds. The Morgan fingerprint density at radius 1 is 1.47 bits per heavy atom. The van der Waals surface area contributed by atoms with Crippen LogP contribution < -0.4 is 10.6 Å². The summed E-state index contributed by atoms with van der Waals surface area (Å²) in [5.74, 6) is 0.114. The summed E-state index contributed by atoms with van der Waals surface area (Å²) in [5, 5.41) is 0.681. The van der Waals surface area contributed by atoms with Crippen molar-refractivity contribution in [3.63, 3.8) is 0 Å². The predicted octanol–water partition coefficient (Wildman–Crippen LogP) is 0.886. The van der Waals surface area contributed by atoms with Gasteiger partial charge in [-0.05, 0) is 30.8 Å². The zero-order valence-corrected chi connectivity index (χ0v) is 12.3. The number of rotatable bonds is 2. The first-order valence-electron chi connectivity index (χ1n) is 6.32. The Balaban J connectivity index is 2.02. The lowest BCUT2D eigenvalue weighted by molar-refractivity contribution is 0.0257. The Hall–Kier alpha value is -0.860. The summed E-state index contributed by atoms with van der Waals surface area (Å²) in [6.45, 7) is 1.33. The first-order valence-corrected chi connectivity index (χ1v) is 8.98. The lowest BCUT2D eigenvalue weighted by Gasteiger charge is -2.38. The van der Waals surface area contributed by atoms with Crippen molar-refractivity contribution < 1.29 is 13.2 Å². The minimum Gasteiger partial charge on any atom is -0.382 e. The van der Waals surface area contributed by atoms with E-state index in [0.29, 0.717) is 18.2 Å². The summed E-state index contributed by atoms with van der Waals surface area (Å²) < 4.78 is 33.6. The van der Waals surface area contributed by atoms with Gasteiger partial charge in [0.05, 0.1) is 18.8 Å². The molecule has 1 aliphatic carbocycles. The summed E-state index contributed by atoms with van der Waals surface area (Å²) in [6.07, 6.45) is 4.59. The second kappa shape index (κ2) is 4.60. The number of ether oxygens (including phenoxy) is 1. The summed E-state index contributed by atoms with van der Waals surface area (Å²) >= 11 is 1.17. The Labute approximate surface area is 116 Å². The van der Waals surface area contributed by atoms with E-state index < -0.39 is 9.84 Å². The summed E-state index contributed by atoms with van der Waals surface area (Å²) in [4.78, 5) is 2.32. The van der Waals surface area contributed by atoms with E-state index in [1.807, 2.05) is 0 Å². The van der Waals surface area contributed by atoms with Crippen LogP contribution in [-0.2, 0) is 14.6 Å². The molecule has 0 aromatic carbocycles. The van der Waals surface area contributed by atoms with Crippen molar-refractivity contribution in [1.29, 1.82) is 0 Å². The molecule has 2 unspecified atom stereocenters. The zero-order chi connectivity index (χ0) is 13.6. The maximum absolute atomic E-state index is 11.9. The van der Waals surface area contributed by atoms with Gasteiger partial charge in [-0.15, -0.1) is 0 Å². The van der Waals surface area contributed by atoms with Gasteiger partial charge in [0.25, 0.3) is 0 Å². The van der Waals surface area contributed by atoms with Crippen LogP contribution >= 0.6 is 11.5 Å². The number of nitrogens with two attached hydrogens (primary N) is 1. The molecule has 1 aromatic heterocycles. The second-order valence-electron chi connectivity index (χ2n) is 5.08. The number of sulfone groups is 1. The van der Waals surface area contributed by atoms with Crippen LogP contribution in [0.5, 0.6) is 0 Å². The lowest BCUT2D eigenvalue weighted by Crippen LogP contribution is -2.48. The van der Waals surface area contributed by atoms with Crippen LogP contribution in [0.3, 0.4) is 0 Å². The fraction of sp³-hybridized carbons (Fsp3) is 0.727. The molecular weight excluding hydrogens is 286 g/mol. The average Bonchev–Trinajstić information content (AvgIpc) is 2.93. The fourth-order valence-corrected chi connectivity index (χ4v) is 5.27. The van der Waals surface area contributed by atoms with Crippen molar-refractivity contribution in [2.24, 2.45) is 0 Å². The molecule has 2 heterocycles. The van der Waals surface area contributed by atoms with Crippen molar-refractivity contribution in [3.05, 3.63) is 0 Å². The van der Waals surface area contributed by atoms with Crippen molar-refractivity contribution in [3.8, 4) is 0 Å². The van der Waals surface area contributed by atoms with Gasteiger partial charge in [-0.2, -0.15) is 4.37 Å². The molecule has 0 spiro atoms. The Bertz CT molecular complexity index is 584. The van der Waals surface area contributed by atoms with Crippen LogP contribution in [0.15, 0.2) is 4.90 Å². The third-order valence-electron chi connectivity index (χ3n) is 3.77. The molecular formula is C11H17N3O3S2. The van der Waals surface area contributed by atoms with Gasteiger partial charge in [0.2, 0.25) is 0 Å². The number of fused-ring (bicyclic) bond motifs is 1. The van der Waals surface area contributed by atoms with Crippen LogP contribution in [0.1, 0.15) is 19.3 Å². The van der Waals surface area contributed by atoms with E-state index in [9.17, 15) is 8.42 Å². The fourth-order valence-electron chi connectivity index (χ4n) is 2.99. The highest BCUT2D eigenvalue weighted by molar-refractivity contribution is 7.91. The molecule has 1 aliphatic heterocycles. The number of hydrogen-bond acceptors (Lipinski definition) is 7. The maximum atomic E-state index is 11.9. The van der Waals surface area contributed by atoms with E-state index in [-0.39, 0.29) is 22.9 Å². The Morgan fingerprint density at radius 3 is 3.00 bits per heavy atom. The largest absolute Gasteiger partial charge is 0.382 e.